The lowest BCUT2D eigenvalue weighted by Crippen LogP contribution is -2.54. The molecule has 2 aliphatic heterocycles. The minimum Gasteiger partial charge on any atom is -0.339 e. The van der Waals surface area contributed by atoms with Crippen molar-refractivity contribution < 1.29 is 14.0 Å². The molecule has 31 heavy (non-hydrogen) atoms. The van der Waals surface area contributed by atoms with Gasteiger partial charge in [0.25, 0.3) is 5.91 Å². The third-order valence-electron chi connectivity index (χ3n) is 5.92. The molecule has 1 aromatic heterocycles. The summed E-state index contributed by atoms with van der Waals surface area (Å²) >= 11 is 7.59. The van der Waals surface area contributed by atoms with E-state index < -0.39 is 0 Å². The standard InChI is InChI=1S/C22H26ClFN4O2S/c23-18-3-1-4-19(24)17(18)15-25-6-10-27(11-7-25)21(29)16-26-8-12-28(13-9-26)22(30)20-5-2-14-31-20/h1-5,14H,6-13,15-16H2. The molecular formula is C22H26ClFN4O2S. The van der Waals surface area contributed by atoms with Crippen molar-refractivity contribution in [3.63, 3.8) is 0 Å². The quantitative estimate of drug-likeness (QED) is 0.682. The smallest absolute Gasteiger partial charge is 0.264 e. The number of benzene rings is 1. The Bertz CT molecular complexity index is 890. The SMILES string of the molecule is O=C(CN1CCN(C(=O)c2cccs2)CC1)N1CCN(Cc2c(F)cccc2Cl)CC1. The van der Waals surface area contributed by atoms with Crippen LogP contribution in [0.4, 0.5) is 4.39 Å². The van der Waals surface area contributed by atoms with E-state index in [9.17, 15) is 14.0 Å². The molecule has 0 unspecified atom stereocenters. The molecule has 0 aliphatic carbocycles. The van der Waals surface area contributed by atoms with E-state index >= 15 is 0 Å². The van der Waals surface area contributed by atoms with E-state index in [1.54, 1.807) is 12.1 Å². The summed E-state index contributed by atoms with van der Waals surface area (Å²) in [6.45, 7) is 6.15. The second-order valence-corrected chi connectivity index (χ2v) is 9.26. The number of carbonyl (C=O) groups excluding carboxylic acids is 2. The zero-order chi connectivity index (χ0) is 21.8. The highest BCUT2D eigenvalue weighted by Gasteiger charge is 2.27. The molecule has 3 heterocycles. The average molecular weight is 465 g/mol. The van der Waals surface area contributed by atoms with Crippen LogP contribution in [0.2, 0.25) is 5.02 Å². The van der Waals surface area contributed by atoms with Crippen LogP contribution in [0.1, 0.15) is 15.2 Å². The van der Waals surface area contributed by atoms with Crippen molar-refractivity contribution in [2.24, 2.45) is 0 Å². The summed E-state index contributed by atoms with van der Waals surface area (Å²) in [5.41, 5.74) is 0.513. The number of halogens is 2. The number of nitrogens with zero attached hydrogens (tertiary/aromatic N) is 4. The number of hydrogen-bond acceptors (Lipinski definition) is 5. The van der Waals surface area contributed by atoms with Crippen LogP contribution < -0.4 is 0 Å². The normalized spacial score (nSPS) is 18.4. The number of piperazine rings is 2. The van der Waals surface area contributed by atoms with Crippen LogP contribution >= 0.6 is 22.9 Å². The minimum atomic E-state index is -0.289. The lowest BCUT2D eigenvalue weighted by atomic mass is 10.2. The number of carbonyl (C=O) groups is 2. The monoisotopic (exact) mass is 464 g/mol. The Kier molecular flexibility index (Phi) is 7.22. The van der Waals surface area contributed by atoms with E-state index in [0.717, 1.165) is 4.88 Å². The first-order valence-corrected chi connectivity index (χ1v) is 11.7. The molecule has 9 heteroatoms. The van der Waals surface area contributed by atoms with Gasteiger partial charge in [-0.05, 0) is 23.6 Å². The molecular weight excluding hydrogens is 439 g/mol. The number of amides is 2. The molecule has 0 atom stereocenters. The van der Waals surface area contributed by atoms with Crippen LogP contribution in [-0.2, 0) is 11.3 Å². The number of thiophene rings is 1. The molecule has 2 saturated heterocycles. The highest BCUT2D eigenvalue weighted by molar-refractivity contribution is 7.12. The fourth-order valence-corrected chi connectivity index (χ4v) is 4.93. The van der Waals surface area contributed by atoms with Crippen molar-refractivity contribution in [3.05, 3.63) is 57.0 Å². The van der Waals surface area contributed by atoms with Gasteiger partial charge in [-0.3, -0.25) is 19.4 Å². The Morgan fingerprint density at radius 1 is 0.903 bits per heavy atom. The van der Waals surface area contributed by atoms with Gasteiger partial charge in [-0.2, -0.15) is 0 Å². The summed E-state index contributed by atoms with van der Waals surface area (Å²) in [6, 6.07) is 8.47. The predicted molar refractivity (Wildman–Crippen MR) is 120 cm³/mol. The molecule has 2 fully saturated rings. The summed E-state index contributed by atoms with van der Waals surface area (Å²) in [6.07, 6.45) is 0. The highest BCUT2D eigenvalue weighted by atomic mass is 35.5. The van der Waals surface area contributed by atoms with Crippen molar-refractivity contribution in [3.8, 4) is 0 Å². The largest absolute Gasteiger partial charge is 0.339 e. The molecule has 0 saturated carbocycles. The van der Waals surface area contributed by atoms with E-state index in [1.807, 2.05) is 27.3 Å². The third-order valence-corrected chi connectivity index (χ3v) is 7.13. The van der Waals surface area contributed by atoms with Crippen LogP contribution in [0.25, 0.3) is 0 Å². The molecule has 2 amide bonds. The first-order valence-electron chi connectivity index (χ1n) is 10.5. The Hall–Kier alpha value is -2.00. The Morgan fingerprint density at radius 2 is 1.58 bits per heavy atom. The lowest BCUT2D eigenvalue weighted by molar-refractivity contribution is -0.134. The summed E-state index contributed by atoms with van der Waals surface area (Å²) < 4.78 is 14.0. The van der Waals surface area contributed by atoms with E-state index in [0.29, 0.717) is 76.0 Å². The van der Waals surface area contributed by atoms with Crippen LogP contribution in [-0.4, -0.2) is 90.3 Å². The van der Waals surface area contributed by atoms with Gasteiger partial charge in [0.15, 0.2) is 0 Å². The van der Waals surface area contributed by atoms with Crippen LogP contribution in [0, 0.1) is 5.82 Å². The van der Waals surface area contributed by atoms with Crippen molar-refractivity contribution in [1.29, 1.82) is 0 Å². The van der Waals surface area contributed by atoms with Crippen molar-refractivity contribution in [2.75, 3.05) is 58.9 Å². The minimum absolute atomic E-state index is 0.0760. The van der Waals surface area contributed by atoms with Gasteiger partial charge in [-0.1, -0.05) is 23.7 Å². The second kappa shape index (κ2) is 10.1. The van der Waals surface area contributed by atoms with Crippen LogP contribution in [0.3, 0.4) is 0 Å². The highest BCUT2D eigenvalue weighted by Crippen LogP contribution is 2.21. The Labute approximate surface area is 190 Å². The molecule has 0 radical (unpaired) electrons. The number of hydrogen-bond donors (Lipinski definition) is 0. The fraction of sp³-hybridized carbons (Fsp3) is 0.455. The molecule has 0 N–H and O–H groups in total. The Morgan fingerprint density at radius 3 is 2.23 bits per heavy atom. The zero-order valence-corrected chi connectivity index (χ0v) is 18.9. The fourth-order valence-electron chi connectivity index (χ4n) is 4.02. The van der Waals surface area contributed by atoms with E-state index in [-0.39, 0.29) is 17.6 Å². The lowest BCUT2D eigenvalue weighted by Gasteiger charge is -2.38. The van der Waals surface area contributed by atoms with Gasteiger partial charge in [0.05, 0.1) is 11.4 Å². The van der Waals surface area contributed by atoms with Gasteiger partial charge in [0.1, 0.15) is 5.82 Å². The van der Waals surface area contributed by atoms with Gasteiger partial charge in [-0.25, -0.2) is 4.39 Å². The average Bonchev–Trinajstić information content (AvgIpc) is 3.32. The summed E-state index contributed by atoms with van der Waals surface area (Å²) in [4.78, 5) is 33.9. The predicted octanol–water partition coefficient (Wildman–Crippen LogP) is 2.64. The second-order valence-electron chi connectivity index (χ2n) is 7.90. The summed E-state index contributed by atoms with van der Waals surface area (Å²) in [5.74, 6) is -0.101. The summed E-state index contributed by atoms with van der Waals surface area (Å²) in [5, 5.41) is 2.35. The molecule has 0 spiro atoms. The summed E-state index contributed by atoms with van der Waals surface area (Å²) in [7, 11) is 0. The first kappa shape index (κ1) is 22.2. The zero-order valence-electron chi connectivity index (χ0n) is 17.3. The van der Waals surface area contributed by atoms with E-state index in [2.05, 4.69) is 9.80 Å². The number of rotatable bonds is 5. The van der Waals surface area contributed by atoms with Crippen molar-refractivity contribution >= 4 is 34.8 Å². The molecule has 1 aromatic carbocycles. The maximum atomic E-state index is 14.0. The molecule has 2 aromatic rings. The van der Waals surface area contributed by atoms with Gasteiger partial charge >= 0.3 is 0 Å². The molecule has 2 aliphatic rings. The molecule has 6 nitrogen and oxygen atoms in total. The van der Waals surface area contributed by atoms with E-state index in [1.165, 1.54) is 17.4 Å². The van der Waals surface area contributed by atoms with Gasteiger partial charge in [0, 0.05) is 69.5 Å². The van der Waals surface area contributed by atoms with Gasteiger partial charge in [0.2, 0.25) is 5.91 Å². The maximum Gasteiger partial charge on any atom is 0.264 e. The maximum absolute atomic E-state index is 14.0. The van der Waals surface area contributed by atoms with Crippen molar-refractivity contribution in [2.45, 2.75) is 6.54 Å². The molecule has 4 rings (SSSR count). The molecule has 0 bridgehead atoms. The van der Waals surface area contributed by atoms with E-state index in [4.69, 9.17) is 11.6 Å². The van der Waals surface area contributed by atoms with Gasteiger partial charge in [-0.15, -0.1) is 11.3 Å². The van der Waals surface area contributed by atoms with Gasteiger partial charge < -0.3 is 9.80 Å². The van der Waals surface area contributed by atoms with Crippen molar-refractivity contribution in [1.82, 2.24) is 19.6 Å². The third kappa shape index (κ3) is 5.44. The first-order chi connectivity index (χ1) is 15.0. The van der Waals surface area contributed by atoms with Crippen LogP contribution in [0.15, 0.2) is 35.7 Å². The molecule has 166 valence electrons. The Balaban J connectivity index is 1.21. The topological polar surface area (TPSA) is 47.1 Å². The van der Waals surface area contributed by atoms with Crippen LogP contribution in [0.5, 0.6) is 0 Å².